The van der Waals surface area contributed by atoms with Gasteiger partial charge in [-0.3, -0.25) is 4.79 Å². The van der Waals surface area contributed by atoms with Crippen molar-refractivity contribution in [2.24, 2.45) is 5.41 Å². The number of aliphatic hydroxyl groups excluding tert-OH is 1. The number of nitrogens with one attached hydrogen (secondary N) is 1. The van der Waals surface area contributed by atoms with Gasteiger partial charge in [-0.1, -0.05) is 44.2 Å². The van der Waals surface area contributed by atoms with Crippen LogP contribution in [-0.2, 0) is 9.53 Å². The molecule has 0 spiro atoms. The number of esters is 1. The molecule has 0 saturated carbocycles. The van der Waals surface area contributed by atoms with Crippen LogP contribution in [0.2, 0.25) is 0 Å². The van der Waals surface area contributed by atoms with Gasteiger partial charge in [-0.25, -0.2) is 0 Å². The van der Waals surface area contributed by atoms with Crippen molar-refractivity contribution in [3.63, 3.8) is 0 Å². The largest absolute Gasteiger partial charge is 0.491 e. The van der Waals surface area contributed by atoms with E-state index < -0.39 is 11.5 Å². The first-order valence-corrected chi connectivity index (χ1v) is 14.3. The standard InChI is InChI=1S/C34H41NO7/c1-6-29(25-12-17-30-31(18-25)41-22-40-30)32(23-8-13-27(14-9-23)38-20-26(36)19-35-7-2)24-10-15-28(16-11-24)39-21-42-33(37)34(3,4)5/h8-18,26,35-36H,6-7,19-22H2,1-5H3. The minimum atomic E-state index is -0.592. The van der Waals surface area contributed by atoms with Crippen LogP contribution in [0.15, 0.2) is 66.7 Å². The van der Waals surface area contributed by atoms with Crippen LogP contribution < -0.4 is 24.3 Å². The van der Waals surface area contributed by atoms with Gasteiger partial charge >= 0.3 is 5.97 Å². The second-order valence-corrected chi connectivity index (χ2v) is 11.0. The monoisotopic (exact) mass is 575 g/mol. The van der Waals surface area contributed by atoms with E-state index in [1.54, 1.807) is 20.8 Å². The average molecular weight is 576 g/mol. The van der Waals surface area contributed by atoms with Crippen LogP contribution in [0.5, 0.6) is 23.0 Å². The van der Waals surface area contributed by atoms with Gasteiger partial charge in [0, 0.05) is 6.54 Å². The number of carbonyl (C=O) groups is 1. The van der Waals surface area contributed by atoms with Crippen molar-refractivity contribution in [1.29, 1.82) is 0 Å². The van der Waals surface area contributed by atoms with Gasteiger partial charge in [-0.2, -0.15) is 0 Å². The fraction of sp³-hybridized carbons (Fsp3) is 0.382. The lowest BCUT2D eigenvalue weighted by Crippen LogP contribution is -2.31. The molecule has 0 aromatic heterocycles. The quantitative estimate of drug-likeness (QED) is 0.144. The summed E-state index contributed by atoms with van der Waals surface area (Å²) in [6, 6.07) is 21.7. The Balaban J connectivity index is 1.61. The molecule has 0 fully saturated rings. The number of benzene rings is 3. The summed E-state index contributed by atoms with van der Waals surface area (Å²) < 4.78 is 28.0. The SMILES string of the molecule is CCNCC(O)COc1ccc(C(=C(CC)c2ccc3c(c2)OCO3)c2ccc(OCOC(=O)C(C)(C)C)cc2)cc1. The van der Waals surface area contributed by atoms with E-state index in [1.165, 1.54) is 0 Å². The predicted molar refractivity (Wildman–Crippen MR) is 163 cm³/mol. The van der Waals surface area contributed by atoms with Gasteiger partial charge in [0.2, 0.25) is 13.6 Å². The number of likely N-dealkylation sites (N-methyl/N-ethyl adjacent to an activating group) is 1. The Bertz CT molecular complexity index is 1360. The summed E-state index contributed by atoms with van der Waals surface area (Å²) in [4.78, 5) is 12.1. The number of allylic oxidation sites excluding steroid dienone is 1. The molecule has 3 aromatic rings. The number of ether oxygens (including phenoxy) is 5. The van der Waals surface area contributed by atoms with Gasteiger partial charge in [0.15, 0.2) is 11.5 Å². The molecule has 8 heteroatoms. The zero-order chi connectivity index (χ0) is 30.1. The molecular weight excluding hydrogens is 534 g/mol. The summed E-state index contributed by atoms with van der Waals surface area (Å²) in [5.74, 6) is 2.43. The highest BCUT2D eigenvalue weighted by molar-refractivity contribution is 5.99. The maximum Gasteiger partial charge on any atom is 0.314 e. The second-order valence-electron chi connectivity index (χ2n) is 11.0. The number of aliphatic hydroxyl groups is 1. The third-order valence-electron chi connectivity index (χ3n) is 6.76. The minimum Gasteiger partial charge on any atom is -0.491 e. The second kappa shape index (κ2) is 14.2. The van der Waals surface area contributed by atoms with E-state index in [9.17, 15) is 9.90 Å². The molecule has 8 nitrogen and oxygen atoms in total. The van der Waals surface area contributed by atoms with Crippen LogP contribution in [0, 0.1) is 5.41 Å². The first-order chi connectivity index (χ1) is 20.2. The molecule has 0 amide bonds. The smallest absolute Gasteiger partial charge is 0.314 e. The molecule has 224 valence electrons. The Morgan fingerprint density at radius 1 is 0.881 bits per heavy atom. The maximum absolute atomic E-state index is 12.1. The molecule has 0 aliphatic carbocycles. The molecule has 0 bridgehead atoms. The summed E-state index contributed by atoms with van der Waals surface area (Å²) in [7, 11) is 0. The Kier molecular flexibility index (Phi) is 10.5. The molecule has 42 heavy (non-hydrogen) atoms. The van der Waals surface area contributed by atoms with E-state index in [4.69, 9.17) is 23.7 Å². The fourth-order valence-corrected chi connectivity index (χ4v) is 4.49. The zero-order valence-corrected chi connectivity index (χ0v) is 25.1. The topological polar surface area (TPSA) is 95.5 Å². The van der Waals surface area contributed by atoms with Crippen LogP contribution in [0.1, 0.15) is 57.7 Å². The van der Waals surface area contributed by atoms with Crippen LogP contribution in [0.25, 0.3) is 11.1 Å². The molecule has 1 heterocycles. The van der Waals surface area contributed by atoms with Gasteiger partial charge < -0.3 is 34.1 Å². The molecule has 1 unspecified atom stereocenters. The first kappa shape index (κ1) is 30.9. The molecule has 1 aliphatic rings. The molecule has 4 rings (SSSR count). The van der Waals surface area contributed by atoms with E-state index in [2.05, 4.69) is 18.3 Å². The average Bonchev–Trinajstić information content (AvgIpc) is 3.46. The fourth-order valence-electron chi connectivity index (χ4n) is 4.49. The molecule has 0 saturated heterocycles. The lowest BCUT2D eigenvalue weighted by Gasteiger charge is -2.18. The van der Waals surface area contributed by atoms with Crippen LogP contribution in [0.4, 0.5) is 0 Å². The highest BCUT2D eigenvalue weighted by atomic mass is 16.7. The number of hydrogen-bond acceptors (Lipinski definition) is 8. The molecule has 0 radical (unpaired) electrons. The van der Waals surface area contributed by atoms with Crippen LogP contribution in [-0.4, -0.2) is 50.5 Å². The van der Waals surface area contributed by atoms with E-state index in [0.717, 1.165) is 52.3 Å². The van der Waals surface area contributed by atoms with E-state index in [1.807, 2.05) is 67.6 Å². The Labute approximate surface area is 248 Å². The zero-order valence-electron chi connectivity index (χ0n) is 25.1. The van der Waals surface area contributed by atoms with E-state index in [-0.39, 0.29) is 26.2 Å². The van der Waals surface area contributed by atoms with Gasteiger partial charge in [-0.05, 0) is 98.0 Å². The van der Waals surface area contributed by atoms with E-state index in [0.29, 0.717) is 18.0 Å². The van der Waals surface area contributed by atoms with Crippen molar-refractivity contribution < 1.29 is 33.6 Å². The van der Waals surface area contributed by atoms with Gasteiger partial charge in [-0.15, -0.1) is 0 Å². The summed E-state index contributed by atoms with van der Waals surface area (Å²) in [6.45, 7) is 11.1. The molecule has 1 aliphatic heterocycles. The molecule has 3 aromatic carbocycles. The Hall–Kier alpha value is -4.01. The lowest BCUT2D eigenvalue weighted by atomic mass is 9.88. The Morgan fingerprint density at radius 3 is 2.07 bits per heavy atom. The maximum atomic E-state index is 12.1. The van der Waals surface area contributed by atoms with Gasteiger partial charge in [0.05, 0.1) is 5.41 Å². The summed E-state index contributed by atoms with van der Waals surface area (Å²) >= 11 is 0. The number of carbonyl (C=O) groups excluding carboxylic acids is 1. The number of fused-ring (bicyclic) bond motifs is 1. The third-order valence-corrected chi connectivity index (χ3v) is 6.76. The van der Waals surface area contributed by atoms with Crippen molar-refractivity contribution in [1.82, 2.24) is 5.32 Å². The minimum absolute atomic E-state index is 0.153. The predicted octanol–water partition coefficient (Wildman–Crippen LogP) is 6.06. The van der Waals surface area contributed by atoms with Gasteiger partial charge in [0.25, 0.3) is 0 Å². The van der Waals surface area contributed by atoms with Crippen molar-refractivity contribution in [3.05, 3.63) is 83.4 Å². The third kappa shape index (κ3) is 8.05. The number of hydrogen-bond donors (Lipinski definition) is 2. The van der Waals surface area contributed by atoms with Crippen LogP contribution >= 0.6 is 0 Å². The summed E-state index contributed by atoms with van der Waals surface area (Å²) in [5, 5.41) is 13.2. The summed E-state index contributed by atoms with van der Waals surface area (Å²) in [6.07, 6.45) is 0.181. The van der Waals surface area contributed by atoms with Crippen molar-refractivity contribution in [2.75, 3.05) is 33.3 Å². The molecular formula is C34H41NO7. The van der Waals surface area contributed by atoms with Crippen molar-refractivity contribution in [2.45, 2.75) is 47.1 Å². The summed E-state index contributed by atoms with van der Waals surface area (Å²) in [5.41, 5.74) is 4.65. The molecule has 1 atom stereocenters. The normalized spacial score (nSPS) is 13.8. The molecule has 2 N–H and O–H groups in total. The van der Waals surface area contributed by atoms with Crippen molar-refractivity contribution >= 4 is 17.1 Å². The Morgan fingerprint density at radius 2 is 1.48 bits per heavy atom. The first-order valence-electron chi connectivity index (χ1n) is 14.3. The van der Waals surface area contributed by atoms with Crippen LogP contribution in [0.3, 0.4) is 0 Å². The highest BCUT2D eigenvalue weighted by Crippen LogP contribution is 2.40. The lowest BCUT2D eigenvalue weighted by molar-refractivity contribution is -0.159. The van der Waals surface area contributed by atoms with E-state index >= 15 is 0 Å². The van der Waals surface area contributed by atoms with Crippen molar-refractivity contribution in [3.8, 4) is 23.0 Å². The van der Waals surface area contributed by atoms with Gasteiger partial charge in [0.1, 0.15) is 24.2 Å². The number of rotatable bonds is 13. The highest BCUT2D eigenvalue weighted by Gasteiger charge is 2.23.